The Morgan fingerprint density at radius 2 is 2.16 bits per heavy atom. The zero-order chi connectivity index (χ0) is 18.2. The van der Waals surface area contributed by atoms with E-state index in [1.165, 1.54) is 0 Å². The van der Waals surface area contributed by atoms with E-state index in [2.05, 4.69) is 33.9 Å². The first-order valence-electron chi connectivity index (χ1n) is 9.15. The topological polar surface area (TPSA) is 70.5 Å². The van der Waals surface area contributed by atoms with E-state index in [0.29, 0.717) is 6.54 Å². The molecular weight excluding hydrogens is 318 g/mol. The Bertz CT molecular complexity index is 570. The summed E-state index contributed by atoms with van der Waals surface area (Å²) in [7, 11) is 5.76. The highest BCUT2D eigenvalue weighted by molar-refractivity contribution is 5.83. The van der Waals surface area contributed by atoms with Gasteiger partial charge in [0.2, 0.25) is 11.8 Å². The Balaban J connectivity index is 1.91. The smallest absolute Gasteiger partial charge is 0.223 e. The molecule has 1 aliphatic heterocycles. The number of carbonyl (C=O) groups excluding carboxylic acids is 2. The molecule has 25 heavy (non-hydrogen) atoms. The summed E-state index contributed by atoms with van der Waals surface area (Å²) < 4.78 is 2.23. The Hall–Kier alpha value is -1.89. The van der Waals surface area contributed by atoms with E-state index >= 15 is 0 Å². The van der Waals surface area contributed by atoms with Crippen LogP contribution in [0.15, 0.2) is 12.4 Å². The van der Waals surface area contributed by atoms with E-state index in [0.717, 1.165) is 44.7 Å². The summed E-state index contributed by atoms with van der Waals surface area (Å²) >= 11 is 0. The van der Waals surface area contributed by atoms with Gasteiger partial charge < -0.3 is 19.7 Å². The van der Waals surface area contributed by atoms with Crippen molar-refractivity contribution in [2.24, 2.45) is 0 Å². The number of likely N-dealkylation sites (tertiary alicyclic amines) is 1. The number of amides is 2. The molecule has 1 aromatic heterocycles. The molecule has 0 radical (unpaired) electrons. The number of nitrogens with zero attached hydrogens (tertiary/aromatic N) is 4. The number of hydrogen-bond acceptors (Lipinski definition) is 4. The molecule has 2 rings (SSSR count). The molecule has 7 heteroatoms. The van der Waals surface area contributed by atoms with E-state index in [4.69, 9.17) is 0 Å². The predicted octanol–water partition coefficient (Wildman–Crippen LogP) is 1.07. The van der Waals surface area contributed by atoms with Crippen LogP contribution in [0, 0.1) is 0 Å². The lowest BCUT2D eigenvalue weighted by atomic mass is 9.96. The summed E-state index contributed by atoms with van der Waals surface area (Å²) in [5, 5.41) is 2.56. The normalized spacial score (nSPS) is 17.8. The molecule has 1 atom stereocenters. The van der Waals surface area contributed by atoms with Gasteiger partial charge in [0.15, 0.2) is 0 Å². The molecule has 1 saturated heterocycles. The Labute approximate surface area is 150 Å². The number of aryl methyl sites for hydroxylation is 1. The SMILES string of the molecule is CNC(=O)CCC(=O)N1CCCC(c2nccn2CCCN(C)C)C1. The molecule has 1 N–H and O–H groups in total. The second-order valence-corrected chi connectivity index (χ2v) is 6.99. The Kier molecular flexibility index (Phi) is 7.43. The van der Waals surface area contributed by atoms with Crippen LogP contribution in [0.3, 0.4) is 0 Å². The van der Waals surface area contributed by atoms with Gasteiger partial charge in [-0.15, -0.1) is 0 Å². The first-order chi connectivity index (χ1) is 12.0. The van der Waals surface area contributed by atoms with Crippen molar-refractivity contribution >= 4 is 11.8 Å². The van der Waals surface area contributed by atoms with Gasteiger partial charge in [-0.05, 0) is 39.9 Å². The van der Waals surface area contributed by atoms with Gasteiger partial charge >= 0.3 is 0 Å². The molecule has 2 heterocycles. The highest BCUT2D eigenvalue weighted by atomic mass is 16.2. The van der Waals surface area contributed by atoms with Gasteiger partial charge in [-0.2, -0.15) is 0 Å². The largest absolute Gasteiger partial charge is 0.359 e. The zero-order valence-electron chi connectivity index (χ0n) is 15.7. The van der Waals surface area contributed by atoms with Crippen molar-refractivity contribution in [3.8, 4) is 0 Å². The number of aromatic nitrogens is 2. The van der Waals surface area contributed by atoms with Crippen LogP contribution < -0.4 is 5.32 Å². The van der Waals surface area contributed by atoms with Crippen molar-refractivity contribution in [2.75, 3.05) is 40.8 Å². The van der Waals surface area contributed by atoms with Gasteiger partial charge in [0.05, 0.1) is 0 Å². The summed E-state index contributed by atoms with van der Waals surface area (Å²) in [5.41, 5.74) is 0. The summed E-state index contributed by atoms with van der Waals surface area (Å²) in [4.78, 5) is 32.4. The molecule has 1 unspecified atom stereocenters. The average molecular weight is 349 g/mol. The molecular formula is C18H31N5O2. The third-order valence-corrected chi connectivity index (χ3v) is 4.74. The molecule has 0 saturated carbocycles. The minimum Gasteiger partial charge on any atom is -0.359 e. The van der Waals surface area contributed by atoms with Crippen LogP contribution >= 0.6 is 0 Å². The third kappa shape index (κ3) is 5.85. The number of nitrogens with one attached hydrogen (secondary N) is 1. The van der Waals surface area contributed by atoms with Gasteiger partial charge in [0, 0.05) is 57.8 Å². The number of rotatable bonds is 8. The van der Waals surface area contributed by atoms with Gasteiger partial charge in [-0.25, -0.2) is 4.98 Å². The summed E-state index contributed by atoms with van der Waals surface area (Å²) in [5.74, 6) is 1.35. The maximum atomic E-state index is 12.4. The maximum absolute atomic E-state index is 12.4. The fourth-order valence-corrected chi connectivity index (χ4v) is 3.34. The lowest BCUT2D eigenvalue weighted by molar-refractivity contribution is -0.134. The van der Waals surface area contributed by atoms with Crippen LogP contribution in [0.25, 0.3) is 0 Å². The van der Waals surface area contributed by atoms with Crippen LogP contribution in [0.1, 0.15) is 43.8 Å². The molecule has 1 aliphatic rings. The van der Waals surface area contributed by atoms with Crippen molar-refractivity contribution in [3.63, 3.8) is 0 Å². The van der Waals surface area contributed by atoms with E-state index in [1.54, 1.807) is 7.05 Å². The van der Waals surface area contributed by atoms with Crippen molar-refractivity contribution < 1.29 is 9.59 Å². The first kappa shape index (κ1) is 19.4. The standard InChI is InChI=1S/C18H31N5O2/c1-19-16(24)7-8-17(25)23-11-4-6-15(14-23)18-20-9-13-22(18)12-5-10-21(2)3/h9,13,15H,4-8,10-12,14H2,1-3H3,(H,19,24). The van der Waals surface area contributed by atoms with Crippen molar-refractivity contribution in [2.45, 2.75) is 44.6 Å². The second-order valence-electron chi connectivity index (χ2n) is 6.99. The van der Waals surface area contributed by atoms with Crippen molar-refractivity contribution in [1.82, 2.24) is 24.7 Å². The minimum atomic E-state index is -0.0849. The van der Waals surface area contributed by atoms with Crippen LogP contribution in [0.5, 0.6) is 0 Å². The van der Waals surface area contributed by atoms with E-state index in [9.17, 15) is 9.59 Å². The molecule has 0 bridgehead atoms. The average Bonchev–Trinajstić information content (AvgIpc) is 3.07. The summed E-state index contributed by atoms with van der Waals surface area (Å²) in [6.07, 6.45) is 7.57. The molecule has 1 aromatic rings. The Morgan fingerprint density at radius 1 is 1.36 bits per heavy atom. The zero-order valence-corrected chi connectivity index (χ0v) is 15.7. The molecule has 7 nitrogen and oxygen atoms in total. The number of piperidine rings is 1. The molecule has 2 amide bonds. The van der Waals surface area contributed by atoms with E-state index in [-0.39, 0.29) is 30.6 Å². The van der Waals surface area contributed by atoms with Crippen LogP contribution in [-0.2, 0) is 16.1 Å². The summed E-state index contributed by atoms with van der Waals surface area (Å²) in [6, 6.07) is 0. The molecule has 140 valence electrons. The minimum absolute atomic E-state index is 0.0685. The molecule has 0 aromatic carbocycles. The van der Waals surface area contributed by atoms with E-state index < -0.39 is 0 Å². The first-order valence-corrected chi connectivity index (χ1v) is 9.15. The van der Waals surface area contributed by atoms with Crippen LogP contribution in [0.4, 0.5) is 0 Å². The number of imidazole rings is 1. The highest BCUT2D eigenvalue weighted by Gasteiger charge is 2.27. The van der Waals surface area contributed by atoms with Crippen molar-refractivity contribution in [3.05, 3.63) is 18.2 Å². The second kappa shape index (κ2) is 9.56. The number of hydrogen-bond donors (Lipinski definition) is 1. The van der Waals surface area contributed by atoms with Crippen LogP contribution in [0.2, 0.25) is 0 Å². The lowest BCUT2D eigenvalue weighted by Crippen LogP contribution is -2.40. The fraction of sp³-hybridized carbons (Fsp3) is 0.722. The van der Waals surface area contributed by atoms with Gasteiger partial charge in [-0.3, -0.25) is 9.59 Å². The Morgan fingerprint density at radius 3 is 2.88 bits per heavy atom. The summed E-state index contributed by atoms with van der Waals surface area (Å²) in [6.45, 7) is 3.49. The van der Waals surface area contributed by atoms with Crippen LogP contribution in [-0.4, -0.2) is 71.9 Å². The molecule has 0 spiro atoms. The van der Waals surface area contributed by atoms with Gasteiger partial charge in [-0.1, -0.05) is 0 Å². The monoisotopic (exact) mass is 349 g/mol. The lowest BCUT2D eigenvalue weighted by Gasteiger charge is -2.32. The molecule has 1 fully saturated rings. The highest BCUT2D eigenvalue weighted by Crippen LogP contribution is 2.26. The fourth-order valence-electron chi connectivity index (χ4n) is 3.34. The molecule has 0 aliphatic carbocycles. The van der Waals surface area contributed by atoms with Gasteiger partial charge in [0.1, 0.15) is 5.82 Å². The quantitative estimate of drug-likeness (QED) is 0.762. The third-order valence-electron chi connectivity index (χ3n) is 4.74. The van der Waals surface area contributed by atoms with Crippen molar-refractivity contribution in [1.29, 1.82) is 0 Å². The number of carbonyl (C=O) groups is 2. The van der Waals surface area contributed by atoms with E-state index in [1.807, 2.05) is 17.3 Å². The van der Waals surface area contributed by atoms with Gasteiger partial charge in [0.25, 0.3) is 0 Å². The maximum Gasteiger partial charge on any atom is 0.223 e. The predicted molar refractivity (Wildman–Crippen MR) is 97.3 cm³/mol.